The fourth-order valence-electron chi connectivity index (χ4n) is 1.40. The van der Waals surface area contributed by atoms with Crippen molar-refractivity contribution < 1.29 is 14.3 Å². The second kappa shape index (κ2) is 5.34. The first-order valence-electron chi connectivity index (χ1n) is 4.96. The van der Waals surface area contributed by atoms with Gasteiger partial charge in [-0.2, -0.15) is 0 Å². The summed E-state index contributed by atoms with van der Waals surface area (Å²) in [6, 6.07) is 1.49. The van der Waals surface area contributed by atoms with E-state index in [1.165, 1.54) is 25.7 Å². The van der Waals surface area contributed by atoms with E-state index in [9.17, 15) is 9.59 Å². The maximum atomic E-state index is 12.0. The summed E-state index contributed by atoms with van der Waals surface area (Å²) in [6.45, 7) is 3.58. The van der Waals surface area contributed by atoms with Crippen molar-refractivity contribution in [3.8, 4) is 0 Å². The monoisotopic (exact) mass is 222 g/mol. The third-order valence-electron chi connectivity index (χ3n) is 2.24. The number of ketones is 1. The SMILES string of the molecule is COC(=O)C(C(=O)c1ccncn1)C(C)C. The van der Waals surface area contributed by atoms with Crippen LogP contribution < -0.4 is 0 Å². The topological polar surface area (TPSA) is 69.2 Å². The quantitative estimate of drug-likeness (QED) is 0.433. The molecule has 0 N–H and O–H groups in total. The number of methoxy groups -OCH3 is 1. The Kier molecular flexibility index (Phi) is 4.10. The molecule has 0 aliphatic heterocycles. The molecule has 0 saturated heterocycles. The van der Waals surface area contributed by atoms with Crippen LogP contribution in [0.3, 0.4) is 0 Å². The van der Waals surface area contributed by atoms with Gasteiger partial charge in [0.2, 0.25) is 0 Å². The summed E-state index contributed by atoms with van der Waals surface area (Å²) in [6.07, 6.45) is 2.75. The summed E-state index contributed by atoms with van der Waals surface area (Å²) in [5.74, 6) is -1.79. The van der Waals surface area contributed by atoms with Gasteiger partial charge in [-0.3, -0.25) is 9.59 Å². The standard InChI is InChI=1S/C11H14N2O3/c1-7(2)9(11(15)16-3)10(14)8-4-5-12-6-13-8/h4-7,9H,1-3H3. The smallest absolute Gasteiger partial charge is 0.316 e. The number of carbonyl (C=O) groups is 2. The highest BCUT2D eigenvalue weighted by Gasteiger charge is 2.32. The number of hydrogen-bond donors (Lipinski definition) is 0. The molecule has 0 fully saturated rings. The second-order valence-corrected chi connectivity index (χ2v) is 3.70. The Labute approximate surface area is 93.9 Å². The Hall–Kier alpha value is -1.78. The van der Waals surface area contributed by atoms with Crippen LogP contribution in [0.2, 0.25) is 0 Å². The zero-order chi connectivity index (χ0) is 12.1. The van der Waals surface area contributed by atoms with Crippen LogP contribution in [0.5, 0.6) is 0 Å². The van der Waals surface area contributed by atoms with Crippen LogP contribution in [-0.2, 0) is 9.53 Å². The van der Waals surface area contributed by atoms with Gasteiger partial charge >= 0.3 is 5.97 Å². The Morgan fingerprint density at radius 2 is 2.06 bits per heavy atom. The first-order chi connectivity index (χ1) is 7.57. The van der Waals surface area contributed by atoms with Crippen LogP contribution >= 0.6 is 0 Å². The van der Waals surface area contributed by atoms with Gasteiger partial charge in [-0.15, -0.1) is 0 Å². The van der Waals surface area contributed by atoms with Crippen LogP contribution in [-0.4, -0.2) is 28.8 Å². The van der Waals surface area contributed by atoms with Crippen LogP contribution in [0.15, 0.2) is 18.6 Å². The molecule has 0 spiro atoms. The lowest BCUT2D eigenvalue weighted by Gasteiger charge is -2.16. The third-order valence-corrected chi connectivity index (χ3v) is 2.24. The zero-order valence-electron chi connectivity index (χ0n) is 9.51. The molecule has 0 saturated carbocycles. The minimum absolute atomic E-state index is 0.130. The van der Waals surface area contributed by atoms with Gasteiger partial charge in [0.25, 0.3) is 0 Å². The Bertz CT molecular complexity index is 376. The Morgan fingerprint density at radius 1 is 1.38 bits per heavy atom. The molecule has 1 aromatic heterocycles. The number of aromatic nitrogens is 2. The molecule has 1 rings (SSSR count). The van der Waals surface area contributed by atoms with Crippen molar-refractivity contribution in [1.29, 1.82) is 0 Å². The van der Waals surface area contributed by atoms with Crippen molar-refractivity contribution in [2.45, 2.75) is 13.8 Å². The third kappa shape index (κ3) is 2.62. The van der Waals surface area contributed by atoms with Gasteiger partial charge in [0.05, 0.1) is 7.11 Å². The summed E-state index contributed by atoms with van der Waals surface area (Å²) in [5.41, 5.74) is 0.235. The average Bonchev–Trinajstić information content (AvgIpc) is 2.29. The normalized spacial score (nSPS) is 12.2. The molecule has 1 unspecified atom stereocenters. The Morgan fingerprint density at radius 3 is 2.50 bits per heavy atom. The highest BCUT2D eigenvalue weighted by molar-refractivity contribution is 6.07. The molecule has 1 heterocycles. The van der Waals surface area contributed by atoms with Crippen molar-refractivity contribution in [2.75, 3.05) is 7.11 Å². The summed E-state index contributed by atoms with van der Waals surface area (Å²) in [4.78, 5) is 31.0. The number of ether oxygens (including phenoxy) is 1. The van der Waals surface area contributed by atoms with Gasteiger partial charge in [0, 0.05) is 6.20 Å². The lowest BCUT2D eigenvalue weighted by molar-refractivity contribution is -0.144. The fraction of sp³-hybridized carbons (Fsp3) is 0.455. The van der Waals surface area contributed by atoms with E-state index in [-0.39, 0.29) is 17.4 Å². The largest absolute Gasteiger partial charge is 0.468 e. The summed E-state index contributed by atoms with van der Waals surface area (Å²) in [7, 11) is 1.27. The molecule has 86 valence electrons. The molecule has 0 aliphatic rings. The number of carbonyl (C=O) groups excluding carboxylic acids is 2. The molecule has 0 aromatic carbocycles. The lowest BCUT2D eigenvalue weighted by Crippen LogP contribution is -2.30. The van der Waals surface area contributed by atoms with Crippen molar-refractivity contribution in [1.82, 2.24) is 9.97 Å². The molecule has 0 amide bonds. The summed E-state index contributed by atoms with van der Waals surface area (Å²) in [5, 5.41) is 0. The number of hydrogen-bond acceptors (Lipinski definition) is 5. The molecule has 1 atom stereocenters. The van der Waals surface area contributed by atoms with E-state index in [2.05, 4.69) is 14.7 Å². The van der Waals surface area contributed by atoms with Gasteiger partial charge in [-0.25, -0.2) is 9.97 Å². The summed E-state index contributed by atoms with van der Waals surface area (Å²) < 4.78 is 4.61. The molecular formula is C11H14N2O3. The fourth-order valence-corrected chi connectivity index (χ4v) is 1.40. The van der Waals surface area contributed by atoms with Crippen LogP contribution in [0, 0.1) is 11.8 Å². The molecule has 16 heavy (non-hydrogen) atoms. The molecule has 5 heteroatoms. The first-order valence-corrected chi connectivity index (χ1v) is 4.96. The minimum atomic E-state index is -0.806. The van der Waals surface area contributed by atoms with Crippen LogP contribution in [0.4, 0.5) is 0 Å². The number of esters is 1. The highest BCUT2D eigenvalue weighted by Crippen LogP contribution is 2.17. The molecule has 1 aromatic rings. The number of Topliss-reactive ketones (excluding diaryl/α,β-unsaturated/α-hetero) is 1. The van der Waals surface area contributed by atoms with E-state index < -0.39 is 11.9 Å². The van der Waals surface area contributed by atoms with E-state index in [1.807, 2.05) is 0 Å². The Balaban J connectivity index is 2.97. The van der Waals surface area contributed by atoms with E-state index >= 15 is 0 Å². The van der Waals surface area contributed by atoms with Gasteiger partial charge in [0.1, 0.15) is 17.9 Å². The maximum absolute atomic E-state index is 12.0. The second-order valence-electron chi connectivity index (χ2n) is 3.70. The van der Waals surface area contributed by atoms with Crippen molar-refractivity contribution in [3.63, 3.8) is 0 Å². The van der Waals surface area contributed by atoms with E-state index in [4.69, 9.17) is 0 Å². The van der Waals surface area contributed by atoms with E-state index in [1.54, 1.807) is 13.8 Å². The zero-order valence-corrected chi connectivity index (χ0v) is 9.51. The van der Waals surface area contributed by atoms with Crippen LogP contribution in [0.1, 0.15) is 24.3 Å². The number of nitrogens with zero attached hydrogens (tertiary/aromatic N) is 2. The molecule has 0 bridgehead atoms. The predicted octanol–water partition coefficient (Wildman–Crippen LogP) is 1.10. The minimum Gasteiger partial charge on any atom is -0.468 e. The predicted molar refractivity (Wildman–Crippen MR) is 56.7 cm³/mol. The lowest BCUT2D eigenvalue weighted by atomic mass is 9.90. The van der Waals surface area contributed by atoms with E-state index in [0.29, 0.717) is 0 Å². The highest BCUT2D eigenvalue weighted by atomic mass is 16.5. The maximum Gasteiger partial charge on any atom is 0.316 e. The van der Waals surface area contributed by atoms with Crippen molar-refractivity contribution in [3.05, 3.63) is 24.3 Å². The molecule has 0 aliphatic carbocycles. The van der Waals surface area contributed by atoms with Crippen molar-refractivity contribution in [2.24, 2.45) is 11.8 Å². The van der Waals surface area contributed by atoms with E-state index in [0.717, 1.165) is 0 Å². The van der Waals surface area contributed by atoms with Crippen LogP contribution in [0.25, 0.3) is 0 Å². The average molecular weight is 222 g/mol. The molecule has 0 radical (unpaired) electrons. The first kappa shape index (κ1) is 12.3. The number of rotatable bonds is 4. The van der Waals surface area contributed by atoms with Gasteiger partial charge < -0.3 is 4.74 Å². The molecule has 5 nitrogen and oxygen atoms in total. The van der Waals surface area contributed by atoms with Gasteiger partial charge in [-0.1, -0.05) is 13.8 Å². The molecular weight excluding hydrogens is 208 g/mol. The van der Waals surface area contributed by atoms with Gasteiger partial charge in [0.15, 0.2) is 5.78 Å². The van der Waals surface area contributed by atoms with Gasteiger partial charge in [-0.05, 0) is 12.0 Å². The summed E-state index contributed by atoms with van der Waals surface area (Å²) >= 11 is 0. The van der Waals surface area contributed by atoms with Crippen molar-refractivity contribution >= 4 is 11.8 Å².